The van der Waals surface area contributed by atoms with Crippen LogP contribution in [0.15, 0.2) is 0 Å². The predicted octanol–water partition coefficient (Wildman–Crippen LogP) is 5.19. The Morgan fingerprint density at radius 3 is 2.14 bits per heavy atom. The van der Waals surface area contributed by atoms with Gasteiger partial charge in [0, 0.05) is 10.5 Å². The van der Waals surface area contributed by atoms with E-state index >= 15 is 0 Å². The minimum atomic E-state index is 0.738. The van der Waals surface area contributed by atoms with Gasteiger partial charge in [-0.2, -0.15) is 37.0 Å². The Labute approximate surface area is 145 Å². The molecule has 8 atom stereocenters. The maximum Gasteiger partial charge on any atom is 0.00504 e. The molecule has 0 radical (unpaired) electrons. The van der Waals surface area contributed by atoms with E-state index in [1.54, 1.807) is 0 Å². The Balaban J connectivity index is 1.11. The highest BCUT2D eigenvalue weighted by Crippen LogP contribution is 2.53. The second-order valence-corrected chi connectivity index (χ2v) is 10.9. The van der Waals surface area contributed by atoms with Crippen LogP contribution in [0.4, 0.5) is 0 Å². The highest BCUT2D eigenvalue weighted by atomic mass is 32.2. The molecule has 0 heterocycles. The summed E-state index contributed by atoms with van der Waals surface area (Å²) in [6, 6.07) is 0. The molecule has 0 amide bonds. The van der Waals surface area contributed by atoms with Crippen LogP contribution in [-0.2, 0) is 0 Å². The molecule has 0 saturated heterocycles. The van der Waals surface area contributed by atoms with Gasteiger partial charge >= 0.3 is 0 Å². The molecule has 0 aromatic heterocycles. The van der Waals surface area contributed by atoms with Crippen molar-refractivity contribution in [1.82, 2.24) is 0 Å². The first-order chi connectivity index (χ1) is 10.2. The second kappa shape index (κ2) is 6.51. The molecule has 0 aromatic rings. The van der Waals surface area contributed by atoms with Crippen LogP contribution in [0.25, 0.3) is 0 Å². The molecule has 21 heavy (non-hydrogen) atoms. The number of rotatable bonds is 6. The SMILES string of the molecule is SC1CC2CC1CC2CCSCCC1CC2CC(S)C1C2. The van der Waals surface area contributed by atoms with E-state index in [1.807, 2.05) is 0 Å². The lowest BCUT2D eigenvalue weighted by atomic mass is 9.86. The zero-order valence-corrected chi connectivity index (χ0v) is 15.6. The fourth-order valence-electron chi connectivity index (χ4n) is 6.08. The zero-order valence-electron chi connectivity index (χ0n) is 13.0. The Hall–Kier alpha value is 1.05. The van der Waals surface area contributed by atoms with E-state index in [0.29, 0.717) is 0 Å². The van der Waals surface area contributed by atoms with Crippen molar-refractivity contribution in [1.29, 1.82) is 0 Å². The molecular formula is C18H30S3. The summed E-state index contributed by atoms with van der Waals surface area (Å²) < 4.78 is 0. The van der Waals surface area contributed by atoms with E-state index < -0.39 is 0 Å². The molecular weight excluding hydrogens is 312 g/mol. The second-order valence-electron chi connectivity index (χ2n) is 8.31. The van der Waals surface area contributed by atoms with Crippen molar-refractivity contribution in [2.75, 3.05) is 11.5 Å². The first-order valence-electron chi connectivity index (χ1n) is 9.14. The molecule has 120 valence electrons. The molecule has 0 N–H and O–H groups in total. The zero-order chi connectivity index (χ0) is 14.4. The van der Waals surface area contributed by atoms with Crippen molar-refractivity contribution in [3.63, 3.8) is 0 Å². The van der Waals surface area contributed by atoms with Crippen LogP contribution in [0.3, 0.4) is 0 Å². The average molecular weight is 343 g/mol. The summed E-state index contributed by atoms with van der Waals surface area (Å²) in [6.45, 7) is 0. The Bertz CT molecular complexity index is 369. The number of thiol groups is 2. The minimum absolute atomic E-state index is 0.738. The molecule has 0 spiro atoms. The lowest BCUT2D eigenvalue weighted by Gasteiger charge is -2.27. The largest absolute Gasteiger partial charge is 0.176 e. The van der Waals surface area contributed by atoms with E-state index in [4.69, 9.17) is 25.3 Å². The van der Waals surface area contributed by atoms with Gasteiger partial charge in [-0.15, -0.1) is 0 Å². The summed E-state index contributed by atoms with van der Waals surface area (Å²) in [5.74, 6) is 8.90. The fourth-order valence-corrected chi connectivity index (χ4v) is 8.40. The third-order valence-electron chi connectivity index (χ3n) is 7.15. The van der Waals surface area contributed by atoms with Crippen molar-refractivity contribution in [3.8, 4) is 0 Å². The topological polar surface area (TPSA) is 0 Å². The number of fused-ring (bicyclic) bond motifs is 4. The van der Waals surface area contributed by atoms with Gasteiger partial charge in [0.1, 0.15) is 0 Å². The number of thioether (sulfide) groups is 1. The number of hydrogen-bond donors (Lipinski definition) is 2. The van der Waals surface area contributed by atoms with E-state index in [0.717, 1.165) is 46.0 Å². The molecule has 0 nitrogen and oxygen atoms in total. The molecule has 0 aliphatic heterocycles. The van der Waals surface area contributed by atoms with Gasteiger partial charge in [0.05, 0.1) is 0 Å². The van der Waals surface area contributed by atoms with Crippen LogP contribution in [0, 0.1) is 35.5 Å². The molecule has 4 bridgehead atoms. The summed E-state index contributed by atoms with van der Waals surface area (Å²) in [7, 11) is 0. The Kier molecular flexibility index (Phi) is 4.83. The van der Waals surface area contributed by atoms with Crippen LogP contribution < -0.4 is 0 Å². The smallest absolute Gasteiger partial charge is 0.00504 e. The first kappa shape index (κ1) is 15.6. The molecule has 0 aromatic carbocycles. The quantitative estimate of drug-likeness (QED) is 0.495. The van der Waals surface area contributed by atoms with Crippen molar-refractivity contribution >= 4 is 37.0 Å². The summed E-state index contributed by atoms with van der Waals surface area (Å²) in [6.07, 6.45) is 11.8. The van der Waals surface area contributed by atoms with Crippen molar-refractivity contribution in [3.05, 3.63) is 0 Å². The third kappa shape index (κ3) is 3.18. The maximum absolute atomic E-state index is 4.80. The molecule has 4 aliphatic rings. The van der Waals surface area contributed by atoms with Gasteiger partial charge < -0.3 is 0 Å². The lowest BCUT2D eigenvalue weighted by molar-refractivity contribution is 0.331. The highest BCUT2D eigenvalue weighted by Gasteiger charge is 2.45. The van der Waals surface area contributed by atoms with Crippen LogP contribution in [0.2, 0.25) is 0 Å². The van der Waals surface area contributed by atoms with Crippen LogP contribution >= 0.6 is 37.0 Å². The third-order valence-corrected chi connectivity index (χ3v) is 9.42. The van der Waals surface area contributed by atoms with E-state index in [-0.39, 0.29) is 0 Å². The summed E-state index contributed by atoms with van der Waals surface area (Å²) >= 11 is 11.8. The van der Waals surface area contributed by atoms with Gasteiger partial charge in [-0.05, 0) is 98.4 Å². The molecule has 4 rings (SSSR count). The van der Waals surface area contributed by atoms with Crippen molar-refractivity contribution in [2.24, 2.45) is 35.5 Å². The lowest BCUT2D eigenvalue weighted by Crippen LogP contribution is -2.21. The number of hydrogen-bond acceptors (Lipinski definition) is 3. The molecule has 3 heteroatoms. The van der Waals surface area contributed by atoms with E-state index in [2.05, 4.69) is 11.8 Å². The maximum atomic E-state index is 4.80. The Morgan fingerprint density at radius 1 is 0.714 bits per heavy atom. The van der Waals surface area contributed by atoms with Crippen LogP contribution in [-0.4, -0.2) is 22.0 Å². The fraction of sp³-hybridized carbons (Fsp3) is 1.00. The van der Waals surface area contributed by atoms with Gasteiger partial charge in [-0.1, -0.05) is 0 Å². The predicted molar refractivity (Wildman–Crippen MR) is 101 cm³/mol. The summed E-state index contributed by atoms with van der Waals surface area (Å²) in [5, 5.41) is 1.48. The summed E-state index contributed by atoms with van der Waals surface area (Å²) in [4.78, 5) is 0. The van der Waals surface area contributed by atoms with Gasteiger partial charge in [0.25, 0.3) is 0 Å². The standard InChI is InChI=1S/C18H30S3/c19-17-10-14-9-15(17)8-12(14)1-3-21-4-2-13-5-11-6-16(13)18(20)7-11/h11-20H,1-10H2. The highest BCUT2D eigenvalue weighted by molar-refractivity contribution is 7.99. The summed E-state index contributed by atoms with van der Waals surface area (Å²) in [5.41, 5.74) is 0. The van der Waals surface area contributed by atoms with E-state index in [1.165, 1.54) is 62.9 Å². The van der Waals surface area contributed by atoms with Crippen molar-refractivity contribution < 1.29 is 0 Å². The van der Waals surface area contributed by atoms with Gasteiger partial charge in [0.2, 0.25) is 0 Å². The average Bonchev–Trinajstić information content (AvgIpc) is 3.17. The van der Waals surface area contributed by atoms with Crippen LogP contribution in [0.5, 0.6) is 0 Å². The molecule has 8 unspecified atom stereocenters. The molecule has 4 aliphatic carbocycles. The van der Waals surface area contributed by atoms with Crippen LogP contribution in [0.1, 0.15) is 51.4 Å². The van der Waals surface area contributed by atoms with Gasteiger partial charge in [0.15, 0.2) is 0 Å². The normalized spacial score (nSPS) is 51.1. The minimum Gasteiger partial charge on any atom is -0.176 e. The molecule has 4 saturated carbocycles. The van der Waals surface area contributed by atoms with Crippen molar-refractivity contribution in [2.45, 2.75) is 61.9 Å². The first-order valence-corrected chi connectivity index (χ1v) is 11.3. The monoisotopic (exact) mass is 342 g/mol. The Morgan fingerprint density at radius 2 is 1.52 bits per heavy atom. The van der Waals surface area contributed by atoms with E-state index in [9.17, 15) is 0 Å². The van der Waals surface area contributed by atoms with Gasteiger partial charge in [-0.25, -0.2) is 0 Å². The molecule has 4 fully saturated rings. The van der Waals surface area contributed by atoms with Gasteiger partial charge in [-0.3, -0.25) is 0 Å².